The van der Waals surface area contributed by atoms with Crippen molar-refractivity contribution in [3.05, 3.63) is 65.6 Å². The Kier molecular flexibility index (Phi) is 4.76. The van der Waals surface area contributed by atoms with Crippen molar-refractivity contribution in [2.75, 3.05) is 20.2 Å². The number of methoxy groups -OCH3 is 1. The molecule has 0 spiro atoms. The third kappa shape index (κ3) is 3.08. The van der Waals surface area contributed by atoms with Crippen LogP contribution in [0.1, 0.15) is 49.1 Å². The Hall–Kier alpha value is -2.82. The van der Waals surface area contributed by atoms with Crippen LogP contribution in [0.4, 0.5) is 4.39 Å². The fourth-order valence-electron chi connectivity index (χ4n) is 5.22. The number of rotatable bonds is 4. The fourth-order valence-corrected chi connectivity index (χ4v) is 5.22. The molecule has 5 heteroatoms. The van der Waals surface area contributed by atoms with Crippen LogP contribution < -0.4 is 4.74 Å². The van der Waals surface area contributed by atoms with Crippen molar-refractivity contribution in [2.24, 2.45) is 0 Å². The molecule has 4 nitrogen and oxygen atoms in total. The van der Waals surface area contributed by atoms with Crippen LogP contribution in [0.2, 0.25) is 0 Å². The number of nitrogens with one attached hydrogen (secondary N) is 1. The lowest BCUT2D eigenvalue weighted by atomic mass is 9.63. The predicted octanol–water partition coefficient (Wildman–Crippen LogP) is 5.14. The first-order chi connectivity index (χ1) is 14.6. The van der Waals surface area contributed by atoms with Gasteiger partial charge < -0.3 is 14.6 Å². The average Bonchev–Trinajstić information content (AvgIpc) is 3.16. The first kappa shape index (κ1) is 19.2. The summed E-state index contributed by atoms with van der Waals surface area (Å²) in [5.41, 5.74) is 2.73. The van der Waals surface area contributed by atoms with Gasteiger partial charge in [0.05, 0.1) is 12.5 Å². The molecule has 3 aromatic rings. The lowest BCUT2D eigenvalue weighted by Gasteiger charge is -2.45. The Bertz CT molecular complexity index is 1080. The van der Waals surface area contributed by atoms with Crippen molar-refractivity contribution in [1.82, 2.24) is 9.88 Å². The highest BCUT2D eigenvalue weighted by Gasteiger charge is 2.48. The van der Waals surface area contributed by atoms with Crippen LogP contribution in [0, 0.1) is 5.82 Å². The van der Waals surface area contributed by atoms with Crippen molar-refractivity contribution < 1.29 is 13.9 Å². The molecule has 1 saturated carbocycles. The van der Waals surface area contributed by atoms with Crippen molar-refractivity contribution in [3.8, 4) is 5.75 Å². The summed E-state index contributed by atoms with van der Waals surface area (Å²) in [5.74, 6) is 1.19. The number of aromatic amines is 1. The molecule has 1 aliphatic carbocycles. The van der Waals surface area contributed by atoms with Gasteiger partial charge in [0.25, 0.3) is 0 Å². The highest BCUT2D eigenvalue weighted by Crippen LogP contribution is 2.46. The summed E-state index contributed by atoms with van der Waals surface area (Å²) in [7, 11) is 1.69. The van der Waals surface area contributed by atoms with E-state index in [0.717, 1.165) is 62.0 Å². The molecule has 30 heavy (non-hydrogen) atoms. The standard InChI is InChI=1S/C25H27FN2O2/c1-30-20-6-7-23-21(15-20)22(16-27-23)17-8-12-28(13-9-17)24(29)25(10-3-11-25)18-4-2-5-19(26)14-18/h2,4-7,14-17,27H,3,8-13H2,1H3. The van der Waals surface area contributed by atoms with E-state index in [2.05, 4.69) is 23.3 Å². The fraction of sp³-hybridized carbons (Fsp3) is 0.400. The number of hydrogen-bond donors (Lipinski definition) is 1. The Morgan fingerprint density at radius 1 is 1.17 bits per heavy atom. The number of amides is 1. The lowest BCUT2D eigenvalue weighted by Crippen LogP contribution is -2.52. The molecule has 1 N–H and O–H groups in total. The number of piperidine rings is 1. The van der Waals surface area contributed by atoms with Gasteiger partial charge in [0.15, 0.2) is 0 Å². The molecule has 2 fully saturated rings. The number of likely N-dealkylation sites (tertiary alicyclic amines) is 1. The van der Waals surface area contributed by atoms with E-state index in [1.807, 2.05) is 17.0 Å². The minimum atomic E-state index is -0.525. The molecule has 1 saturated heterocycles. The van der Waals surface area contributed by atoms with E-state index in [0.29, 0.717) is 5.92 Å². The SMILES string of the molecule is COc1ccc2[nH]cc(C3CCN(C(=O)C4(c5cccc(F)c5)CCC4)CC3)c2c1. The molecule has 0 radical (unpaired) electrons. The van der Waals surface area contributed by atoms with Crippen molar-refractivity contribution >= 4 is 16.8 Å². The molecule has 2 aromatic carbocycles. The number of benzene rings is 2. The average molecular weight is 407 g/mol. The van der Waals surface area contributed by atoms with Crippen molar-refractivity contribution in [2.45, 2.75) is 43.4 Å². The zero-order valence-electron chi connectivity index (χ0n) is 17.3. The highest BCUT2D eigenvalue weighted by molar-refractivity contribution is 5.89. The van der Waals surface area contributed by atoms with Gasteiger partial charge in [0.2, 0.25) is 5.91 Å². The van der Waals surface area contributed by atoms with E-state index in [1.54, 1.807) is 19.2 Å². The number of nitrogens with zero attached hydrogens (tertiary/aromatic N) is 1. The summed E-state index contributed by atoms with van der Waals surface area (Å²) in [6.45, 7) is 1.49. The first-order valence-corrected chi connectivity index (χ1v) is 10.8. The van der Waals surface area contributed by atoms with Crippen LogP contribution >= 0.6 is 0 Å². The maximum Gasteiger partial charge on any atom is 0.233 e. The van der Waals surface area contributed by atoms with Gasteiger partial charge in [0.1, 0.15) is 11.6 Å². The van der Waals surface area contributed by atoms with Gasteiger partial charge in [-0.05, 0) is 73.1 Å². The maximum absolute atomic E-state index is 13.8. The molecule has 1 aromatic heterocycles. The largest absolute Gasteiger partial charge is 0.497 e. The Balaban J connectivity index is 1.33. The molecule has 0 atom stereocenters. The minimum Gasteiger partial charge on any atom is -0.497 e. The quantitative estimate of drug-likeness (QED) is 0.652. The summed E-state index contributed by atoms with van der Waals surface area (Å²) in [5, 5.41) is 1.20. The summed E-state index contributed by atoms with van der Waals surface area (Å²) in [4.78, 5) is 18.9. The Labute approximate surface area is 176 Å². The molecule has 0 bridgehead atoms. The first-order valence-electron chi connectivity index (χ1n) is 10.8. The molecule has 1 aliphatic heterocycles. The second-order valence-corrected chi connectivity index (χ2v) is 8.67. The predicted molar refractivity (Wildman–Crippen MR) is 115 cm³/mol. The van der Waals surface area contributed by atoms with Gasteiger partial charge >= 0.3 is 0 Å². The molecule has 156 valence electrons. The van der Waals surface area contributed by atoms with Crippen LogP contribution in [0.5, 0.6) is 5.75 Å². The van der Waals surface area contributed by atoms with E-state index < -0.39 is 5.41 Å². The summed E-state index contributed by atoms with van der Waals surface area (Å²) >= 11 is 0. The third-order valence-corrected chi connectivity index (χ3v) is 7.14. The Morgan fingerprint density at radius 2 is 1.97 bits per heavy atom. The number of H-pyrrole nitrogens is 1. The number of aromatic nitrogens is 1. The number of hydrogen-bond acceptors (Lipinski definition) is 2. The van der Waals surface area contributed by atoms with Crippen LogP contribution in [-0.4, -0.2) is 36.0 Å². The van der Waals surface area contributed by atoms with Gasteiger partial charge in [-0.2, -0.15) is 0 Å². The number of carbonyl (C=O) groups excluding carboxylic acids is 1. The minimum absolute atomic E-state index is 0.179. The molecule has 5 rings (SSSR count). The Morgan fingerprint density at radius 3 is 2.63 bits per heavy atom. The molecular weight excluding hydrogens is 379 g/mol. The van der Waals surface area contributed by atoms with E-state index in [-0.39, 0.29) is 11.7 Å². The second kappa shape index (κ2) is 7.46. The van der Waals surface area contributed by atoms with Crippen LogP contribution in [0.25, 0.3) is 10.9 Å². The van der Waals surface area contributed by atoms with E-state index >= 15 is 0 Å². The summed E-state index contributed by atoms with van der Waals surface area (Å²) < 4.78 is 19.2. The van der Waals surface area contributed by atoms with E-state index in [9.17, 15) is 9.18 Å². The highest BCUT2D eigenvalue weighted by atomic mass is 19.1. The molecule has 1 amide bonds. The smallest absolute Gasteiger partial charge is 0.233 e. The van der Waals surface area contributed by atoms with Gasteiger partial charge in [-0.25, -0.2) is 4.39 Å². The van der Waals surface area contributed by atoms with Gasteiger partial charge in [0, 0.05) is 30.2 Å². The maximum atomic E-state index is 13.8. The van der Waals surface area contributed by atoms with Gasteiger partial charge in [-0.15, -0.1) is 0 Å². The third-order valence-electron chi connectivity index (χ3n) is 7.14. The molecular formula is C25H27FN2O2. The zero-order chi connectivity index (χ0) is 20.7. The van der Waals surface area contributed by atoms with Crippen molar-refractivity contribution in [3.63, 3.8) is 0 Å². The van der Waals surface area contributed by atoms with Crippen LogP contribution in [0.15, 0.2) is 48.7 Å². The van der Waals surface area contributed by atoms with Crippen LogP contribution in [0.3, 0.4) is 0 Å². The van der Waals surface area contributed by atoms with Crippen LogP contribution in [-0.2, 0) is 10.2 Å². The summed E-state index contributed by atoms with van der Waals surface area (Å²) in [6, 6.07) is 12.7. The number of fused-ring (bicyclic) bond motifs is 1. The molecule has 2 heterocycles. The van der Waals surface area contributed by atoms with Gasteiger partial charge in [-0.3, -0.25) is 4.79 Å². The van der Waals surface area contributed by atoms with E-state index in [4.69, 9.17) is 4.74 Å². The number of halogens is 1. The topological polar surface area (TPSA) is 45.3 Å². The normalized spacial score (nSPS) is 18.9. The van der Waals surface area contributed by atoms with Gasteiger partial charge in [-0.1, -0.05) is 18.6 Å². The number of ether oxygens (including phenoxy) is 1. The second-order valence-electron chi connectivity index (χ2n) is 8.67. The van der Waals surface area contributed by atoms with E-state index in [1.165, 1.54) is 17.0 Å². The lowest BCUT2D eigenvalue weighted by molar-refractivity contribution is -0.142. The monoisotopic (exact) mass is 406 g/mol. The molecule has 2 aliphatic rings. The number of carbonyl (C=O) groups is 1. The van der Waals surface area contributed by atoms with Crippen molar-refractivity contribution in [1.29, 1.82) is 0 Å². The molecule has 0 unspecified atom stereocenters. The zero-order valence-corrected chi connectivity index (χ0v) is 17.3. The summed E-state index contributed by atoms with van der Waals surface area (Å²) in [6.07, 6.45) is 6.64.